The van der Waals surface area contributed by atoms with Crippen LogP contribution < -0.4 is 0 Å². The van der Waals surface area contributed by atoms with Crippen molar-refractivity contribution in [3.05, 3.63) is 69.4 Å². The van der Waals surface area contributed by atoms with Gasteiger partial charge in [0, 0.05) is 49.4 Å². The maximum absolute atomic E-state index is 2.49. The Kier molecular flexibility index (Phi) is 26.8. The molecule has 376 valence electrons. The monoisotopic (exact) mass is 993 g/mol. The molecule has 0 aliphatic carbocycles. The van der Waals surface area contributed by atoms with Gasteiger partial charge in [0.15, 0.2) is 0 Å². The smallest absolute Gasteiger partial charge is 0.0477 e. The number of unbranched alkanes of at least 4 members (excludes halogenated alkanes) is 34. The molecule has 4 aromatic heterocycles. The van der Waals surface area contributed by atoms with E-state index < -0.39 is 0 Å². The first-order valence-corrected chi connectivity index (χ1v) is 32.4. The van der Waals surface area contributed by atoms with Gasteiger partial charge in [-0.3, -0.25) is 0 Å². The Morgan fingerprint density at radius 2 is 0.559 bits per heavy atom. The Morgan fingerprint density at radius 1 is 0.294 bits per heavy atom. The Morgan fingerprint density at radius 3 is 0.838 bits per heavy atom. The van der Waals surface area contributed by atoms with Gasteiger partial charge in [-0.15, -0.1) is 45.3 Å². The molecule has 68 heavy (non-hydrogen) atoms. The van der Waals surface area contributed by atoms with Crippen LogP contribution in [0.15, 0.2) is 48.5 Å². The predicted octanol–water partition coefficient (Wildman–Crippen LogP) is 24.5. The minimum atomic E-state index is 1.22. The standard InChI is InChI=1S/C64H96S4/c1-5-7-9-11-13-15-17-19-21-23-25-27-29-31-33-35-37-39-41-53-47-51(3)65-63(53)59-49-55-43-45-58-57(61(55)67-59)46-44-56-50-60(68-62(56)58)64-54(48-52(4)66-64)42-40-38-36-34-32-30-28-26-24-22-20-18-16-14-12-10-8-6-2/h43-50H,5-42H2,1-4H3. The minimum Gasteiger partial charge on any atom is -0.139 e. The van der Waals surface area contributed by atoms with Gasteiger partial charge >= 0.3 is 0 Å². The molecule has 0 aliphatic rings. The average molecular weight is 994 g/mol. The number of aryl methyl sites for hydroxylation is 4. The highest BCUT2D eigenvalue weighted by molar-refractivity contribution is 7.28. The van der Waals surface area contributed by atoms with Gasteiger partial charge in [-0.1, -0.05) is 256 Å². The van der Waals surface area contributed by atoms with Crippen LogP contribution in [0.2, 0.25) is 0 Å². The summed E-state index contributed by atoms with van der Waals surface area (Å²) in [5.41, 5.74) is 3.16. The number of hydrogen-bond acceptors (Lipinski definition) is 4. The fourth-order valence-electron chi connectivity index (χ4n) is 11.0. The van der Waals surface area contributed by atoms with Crippen LogP contribution in [0.5, 0.6) is 0 Å². The predicted molar refractivity (Wildman–Crippen MR) is 316 cm³/mol. The van der Waals surface area contributed by atoms with E-state index in [0.717, 1.165) is 0 Å². The molecule has 4 heteroatoms. The summed E-state index contributed by atoms with van der Waals surface area (Å²) in [7, 11) is 0. The fraction of sp³-hybridized carbons (Fsp3) is 0.656. The first-order chi connectivity index (χ1) is 33.6. The van der Waals surface area contributed by atoms with Crippen LogP contribution in [-0.2, 0) is 12.8 Å². The summed E-state index contributed by atoms with van der Waals surface area (Å²) >= 11 is 8.10. The Balaban J connectivity index is 0.897. The van der Waals surface area contributed by atoms with Crippen LogP contribution in [0.3, 0.4) is 0 Å². The summed E-state index contributed by atoms with van der Waals surface area (Å²) in [5, 5.41) is 5.66. The molecule has 0 radical (unpaired) electrons. The van der Waals surface area contributed by atoms with E-state index in [2.05, 4.69) is 76.2 Å². The molecule has 0 spiro atoms. The zero-order valence-electron chi connectivity index (χ0n) is 44.1. The second-order valence-electron chi connectivity index (χ2n) is 21.2. The topological polar surface area (TPSA) is 0 Å². The number of hydrogen-bond donors (Lipinski definition) is 0. The van der Waals surface area contributed by atoms with Crippen LogP contribution in [0.1, 0.15) is 266 Å². The number of benzene rings is 2. The van der Waals surface area contributed by atoms with Crippen molar-refractivity contribution in [2.75, 3.05) is 0 Å². The van der Waals surface area contributed by atoms with Crippen LogP contribution in [0, 0.1) is 13.8 Å². The molecule has 0 saturated heterocycles. The van der Waals surface area contributed by atoms with Crippen molar-refractivity contribution in [1.29, 1.82) is 0 Å². The quantitative estimate of drug-likeness (QED) is 0.0337. The molecule has 0 saturated carbocycles. The van der Waals surface area contributed by atoms with Gasteiger partial charge in [-0.25, -0.2) is 0 Å². The lowest BCUT2D eigenvalue weighted by Gasteiger charge is -2.04. The molecule has 0 unspecified atom stereocenters. The first kappa shape index (κ1) is 55.3. The van der Waals surface area contributed by atoms with E-state index in [-0.39, 0.29) is 0 Å². The van der Waals surface area contributed by atoms with Crippen LogP contribution in [0.4, 0.5) is 0 Å². The van der Waals surface area contributed by atoms with Crippen molar-refractivity contribution in [1.82, 2.24) is 0 Å². The Labute approximate surface area is 433 Å². The van der Waals surface area contributed by atoms with Gasteiger partial charge in [-0.05, 0) is 85.7 Å². The molecule has 0 N–H and O–H groups in total. The fourth-order valence-corrected chi connectivity index (χ4v) is 15.8. The van der Waals surface area contributed by atoms with E-state index in [9.17, 15) is 0 Å². The molecule has 0 atom stereocenters. The third-order valence-corrected chi connectivity index (χ3v) is 20.0. The molecule has 0 nitrogen and oxygen atoms in total. The summed E-state index contributed by atoms with van der Waals surface area (Å²) in [6.45, 7) is 9.24. The molecule has 0 amide bonds. The molecular weight excluding hydrogens is 897 g/mol. The molecule has 6 rings (SSSR count). The van der Waals surface area contributed by atoms with Gasteiger partial charge in [0.05, 0.1) is 0 Å². The highest BCUT2D eigenvalue weighted by Crippen LogP contribution is 2.47. The lowest BCUT2D eigenvalue weighted by Crippen LogP contribution is -1.87. The van der Waals surface area contributed by atoms with Crippen LogP contribution in [-0.4, -0.2) is 0 Å². The van der Waals surface area contributed by atoms with Gasteiger partial charge in [0.25, 0.3) is 0 Å². The zero-order valence-corrected chi connectivity index (χ0v) is 47.4. The van der Waals surface area contributed by atoms with E-state index in [0.29, 0.717) is 0 Å². The number of thiophene rings is 4. The summed E-state index contributed by atoms with van der Waals surface area (Å²) in [4.78, 5) is 8.89. The first-order valence-electron chi connectivity index (χ1n) is 29.1. The summed E-state index contributed by atoms with van der Waals surface area (Å²) in [6.07, 6.45) is 54.0. The van der Waals surface area contributed by atoms with Crippen molar-refractivity contribution in [2.24, 2.45) is 0 Å². The molecule has 0 bridgehead atoms. The SMILES string of the molecule is CCCCCCCCCCCCCCCCCCCCc1cc(C)sc1-c1cc2ccc3c(ccc4cc(-c5sc(C)cc5CCCCCCCCCCCCCCCCCCCC)sc43)c2s1. The van der Waals surface area contributed by atoms with Gasteiger partial charge in [-0.2, -0.15) is 0 Å². The second-order valence-corrected chi connectivity index (χ2v) is 25.8. The van der Waals surface area contributed by atoms with E-state index >= 15 is 0 Å². The summed E-state index contributed by atoms with van der Waals surface area (Å²) in [6, 6.07) is 19.6. The molecule has 4 heterocycles. The normalized spacial score (nSPS) is 12.0. The lowest BCUT2D eigenvalue weighted by atomic mass is 10.0. The Hall–Kier alpha value is -1.98. The highest BCUT2D eigenvalue weighted by atomic mass is 32.1. The van der Waals surface area contributed by atoms with Crippen molar-refractivity contribution in [3.63, 3.8) is 0 Å². The van der Waals surface area contributed by atoms with Crippen molar-refractivity contribution >= 4 is 76.3 Å². The van der Waals surface area contributed by atoms with E-state index in [1.54, 1.807) is 11.1 Å². The number of fused-ring (bicyclic) bond motifs is 5. The summed E-state index contributed by atoms with van der Waals surface area (Å²) < 4.78 is 2.92. The van der Waals surface area contributed by atoms with Crippen molar-refractivity contribution < 1.29 is 0 Å². The molecule has 2 aromatic carbocycles. The van der Waals surface area contributed by atoms with Crippen LogP contribution >= 0.6 is 45.3 Å². The maximum atomic E-state index is 2.49. The van der Waals surface area contributed by atoms with Crippen molar-refractivity contribution in [2.45, 2.75) is 272 Å². The molecular formula is C64H96S4. The highest BCUT2D eigenvalue weighted by Gasteiger charge is 2.18. The van der Waals surface area contributed by atoms with E-state index in [4.69, 9.17) is 0 Å². The summed E-state index contributed by atoms with van der Waals surface area (Å²) in [5.74, 6) is 0. The van der Waals surface area contributed by atoms with Gasteiger partial charge in [0.2, 0.25) is 0 Å². The minimum absolute atomic E-state index is 1.22. The molecule has 0 fully saturated rings. The van der Waals surface area contributed by atoms with Gasteiger partial charge < -0.3 is 0 Å². The Bertz CT molecular complexity index is 2080. The average Bonchev–Trinajstić information content (AvgIpc) is 4.15. The van der Waals surface area contributed by atoms with E-state index in [1.807, 2.05) is 45.3 Å². The van der Waals surface area contributed by atoms with Crippen molar-refractivity contribution in [3.8, 4) is 19.5 Å². The third kappa shape index (κ3) is 18.9. The van der Waals surface area contributed by atoms with E-state index in [1.165, 1.54) is 304 Å². The number of rotatable bonds is 40. The van der Waals surface area contributed by atoms with Crippen LogP contribution in [0.25, 0.3) is 50.5 Å². The largest absolute Gasteiger partial charge is 0.139 e. The van der Waals surface area contributed by atoms with Gasteiger partial charge in [0.1, 0.15) is 0 Å². The molecule has 6 aromatic rings. The third-order valence-electron chi connectivity index (χ3n) is 15.1. The second kappa shape index (κ2) is 32.9. The zero-order chi connectivity index (χ0) is 47.4. The maximum Gasteiger partial charge on any atom is 0.0477 e. The lowest BCUT2D eigenvalue weighted by molar-refractivity contribution is 0.525. The molecule has 0 aliphatic heterocycles.